The predicted octanol–water partition coefficient (Wildman–Crippen LogP) is 1.77. The van der Waals surface area contributed by atoms with E-state index in [4.69, 9.17) is 4.74 Å². The zero-order valence-corrected chi connectivity index (χ0v) is 14.5. The van der Waals surface area contributed by atoms with Gasteiger partial charge in [0.1, 0.15) is 0 Å². The van der Waals surface area contributed by atoms with Crippen molar-refractivity contribution in [2.24, 2.45) is 0 Å². The number of imidazole rings is 1. The van der Waals surface area contributed by atoms with Crippen molar-refractivity contribution in [3.63, 3.8) is 0 Å². The molecule has 1 aliphatic carbocycles. The Bertz CT molecular complexity index is 750. The molecule has 3 rings (SSSR count). The van der Waals surface area contributed by atoms with Crippen LogP contribution in [0, 0.1) is 0 Å². The Balaban J connectivity index is 1.79. The molecule has 2 heterocycles. The third-order valence-corrected chi connectivity index (χ3v) is 4.47. The molecule has 0 unspecified atom stereocenters. The van der Waals surface area contributed by atoms with Gasteiger partial charge in [-0.05, 0) is 31.4 Å². The second-order valence-corrected chi connectivity index (χ2v) is 6.30. The van der Waals surface area contributed by atoms with Gasteiger partial charge in [-0.25, -0.2) is 4.98 Å². The van der Waals surface area contributed by atoms with Crippen LogP contribution in [0.3, 0.4) is 0 Å². The number of hydrogen-bond donors (Lipinski definition) is 2. The first kappa shape index (κ1) is 17.4. The maximum absolute atomic E-state index is 12.6. The molecule has 0 bridgehead atoms. The first-order chi connectivity index (χ1) is 12.2. The number of nitrogens with zero attached hydrogens (tertiary/aromatic N) is 2. The number of ether oxygens (including phenoxy) is 1. The molecular weight excluding hydrogens is 320 g/mol. The number of carbonyl (C=O) groups excluding carboxylic acids is 2. The van der Waals surface area contributed by atoms with Gasteiger partial charge in [-0.3, -0.25) is 14.0 Å². The van der Waals surface area contributed by atoms with Gasteiger partial charge < -0.3 is 15.4 Å². The Hall–Kier alpha value is -2.41. The molecule has 1 aliphatic rings. The van der Waals surface area contributed by atoms with Gasteiger partial charge in [0.05, 0.1) is 5.52 Å². The van der Waals surface area contributed by atoms with Gasteiger partial charge in [-0.2, -0.15) is 0 Å². The van der Waals surface area contributed by atoms with E-state index in [-0.39, 0.29) is 23.7 Å². The lowest BCUT2D eigenvalue weighted by atomic mass is 10.2. The molecule has 7 nitrogen and oxygen atoms in total. The molecule has 0 radical (unpaired) electrons. The number of carbonyl (C=O) groups is 2. The van der Waals surface area contributed by atoms with Crippen molar-refractivity contribution in [1.82, 2.24) is 20.0 Å². The maximum atomic E-state index is 12.6. The van der Waals surface area contributed by atoms with Crippen LogP contribution < -0.4 is 10.6 Å². The van der Waals surface area contributed by atoms with Crippen LogP contribution in [0.25, 0.3) is 5.52 Å². The molecule has 2 aromatic heterocycles. The van der Waals surface area contributed by atoms with Gasteiger partial charge in [-0.15, -0.1) is 0 Å². The summed E-state index contributed by atoms with van der Waals surface area (Å²) in [5, 5.41) is 5.85. The summed E-state index contributed by atoms with van der Waals surface area (Å²) >= 11 is 0. The zero-order valence-electron chi connectivity index (χ0n) is 14.5. The van der Waals surface area contributed by atoms with E-state index in [1.165, 1.54) is 0 Å². The summed E-state index contributed by atoms with van der Waals surface area (Å²) < 4.78 is 6.64. The highest BCUT2D eigenvalue weighted by Gasteiger charge is 2.24. The monoisotopic (exact) mass is 344 g/mol. The van der Waals surface area contributed by atoms with Gasteiger partial charge in [-0.1, -0.05) is 18.9 Å². The molecule has 1 saturated carbocycles. The summed E-state index contributed by atoms with van der Waals surface area (Å²) in [7, 11) is 1.62. The highest BCUT2D eigenvalue weighted by atomic mass is 16.5. The summed E-state index contributed by atoms with van der Waals surface area (Å²) in [4.78, 5) is 29.4. The summed E-state index contributed by atoms with van der Waals surface area (Å²) in [6, 6.07) is 5.66. The van der Waals surface area contributed by atoms with Crippen molar-refractivity contribution < 1.29 is 14.3 Å². The Morgan fingerprint density at radius 3 is 2.84 bits per heavy atom. The fraction of sp³-hybridized carbons (Fsp3) is 0.500. The number of rotatable bonds is 7. The van der Waals surface area contributed by atoms with Crippen LogP contribution in [-0.4, -0.2) is 47.5 Å². The molecule has 2 amide bonds. The van der Waals surface area contributed by atoms with Gasteiger partial charge in [0.25, 0.3) is 11.8 Å². The van der Waals surface area contributed by atoms with E-state index in [0.29, 0.717) is 24.4 Å². The van der Waals surface area contributed by atoms with Crippen LogP contribution in [0.2, 0.25) is 0 Å². The summed E-state index contributed by atoms with van der Waals surface area (Å²) in [6.45, 7) is 1.08. The van der Waals surface area contributed by atoms with Crippen molar-refractivity contribution >= 4 is 17.3 Å². The first-order valence-corrected chi connectivity index (χ1v) is 8.76. The minimum absolute atomic E-state index is 0.208. The van der Waals surface area contributed by atoms with E-state index in [1.54, 1.807) is 23.8 Å². The molecule has 0 aliphatic heterocycles. The van der Waals surface area contributed by atoms with E-state index in [2.05, 4.69) is 15.6 Å². The minimum atomic E-state index is -0.294. The average molecular weight is 344 g/mol. The summed E-state index contributed by atoms with van der Waals surface area (Å²) in [6.07, 6.45) is 6.77. The molecule has 0 atom stereocenters. The zero-order chi connectivity index (χ0) is 17.6. The molecular formula is C18H24N4O3. The molecule has 25 heavy (non-hydrogen) atoms. The van der Waals surface area contributed by atoms with Crippen LogP contribution >= 0.6 is 0 Å². The quantitative estimate of drug-likeness (QED) is 0.750. The Morgan fingerprint density at radius 1 is 1.28 bits per heavy atom. The van der Waals surface area contributed by atoms with Crippen molar-refractivity contribution in [2.45, 2.75) is 38.1 Å². The van der Waals surface area contributed by atoms with Gasteiger partial charge in [0.15, 0.2) is 5.69 Å². The smallest absolute Gasteiger partial charge is 0.287 e. The van der Waals surface area contributed by atoms with E-state index in [9.17, 15) is 9.59 Å². The standard InChI is InChI=1S/C18H24N4O3/c1-25-12-6-10-19-18(24)16-21-15(14-9-4-5-11-22(14)16)17(23)20-13-7-2-3-8-13/h4-5,9,11,13H,2-3,6-8,10,12H2,1H3,(H,19,24)(H,20,23). The maximum Gasteiger partial charge on any atom is 0.287 e. The molecule has 134 valence electrons. The average Bonchev–Trinajstić information content (AvgIpc) is 3.26. The fourth-order valence-corrected chi connectivity index (χ4v) is 3.19. The second kappa shape index (κ2) is 8.11. The van der Waals surface area contributed by atoms with Crippen molar-refractivity contribution in [2.75, 3.05) is 20.3 Å². The lowest BCUT2D eigenvalue weighted by Crippen LogP contribution is -2.33. The number of fused-ring (bicyclic) bond motifs is 1. The number of hydrogen-bond acceptors (Lipinski definition) is 4. The molecule has 0 saturated heterocycles. The topological polar surface area (TPSA) is 84.7 Å². The van der Waals surface area contributed by atoms with E-state index >= 15 is 0 Å². The van der Waals surface area contributed by atoms with Crippen LogP contribution in [0.5, 0.6) is 0 Å². The number of methoxy groups -OCH3 is 1. The van der Waals surface area contributed by atoms with E-state index in [0.717, 1.165) is 32.1 Å². The Labute approximate surface area is 146 Å². The molecule has 7 heteroatoms. The van der Waals surface area contributed by atoms with Crippen LogP contribution in [-0.2, 0) is 4.74 Å². The first-order valence-electron chi connectivity index (χ1n) is 8.76. The summed E-state index contributed by atoms with van der Waals surface area (Å²) in [5.74, 6) is -0.282. The SMILES string of the molecule is COCCCNC(=O)c1nc(C(=O)NC2CCCC2)c2ccccn12. The normalized spacial score (nSPS) is 14.8. The highest BCUT2D eigenvalue weighted by molar-refractivity contribution is 6.02. The van der Waals surface area contributed by atoms with Gasteiger partial charge in [0.2, 0.25) is 5.82 Å². The third-order valence-electron chi connectivity index (χ3n) is 4.47. The van der Waals surface area contributed by atoms with Crippen LogP contribution in [0.4, 0.5) is 0 Å². The molecule has 0 spiro atoms. The van der Waals surface area contributed by atoms with E-state index in [1.807, 2.05) is 12.1 Å². The van der Waals surface area contributed by atoms with E-state index < -0.39 is 0 Å². The molecule has 0 aromatic carbocycles. The van der Waals surface area contributed by atoms with Gasteiger partial charge >= 0.3 is 0 Å². The lowest BCUT2D eigenvalue weighted by molar-refractivity contribution is 0.0934. The highest BCUT2D eigenvalue weighted by Crippen LogP contribution is 2.19. The fourth-order valence-electron chi connectivity index (χ4n) is 3.19. The lowest BCUT2D eigenvalue weighted by Gasteiger charge is -2.10. The van der Waals surface area contributed by atoms with Crippen molar-refractivity contribution in [1.29, 1.82) is 0 Å². The Morgan fingerprint density at radius 2 is 2.08 bits per heavy atom. The number of pyridine rings is 1. The third kappa shape index (κ3) is 3.99. The number of amides is 2. The van der Waals surface area contributed by atoms with Crippen molar-refractivity contribution in [3.05, 3.63) is 35.9 Å². The van der Waals surface area contributed by atoms with Crippen LogP contribution in [0.15, 0.2) is 24.4 Å². The number of nitrogens with one attached hydrogen (secondary N) is 2. The second-order valence-electron chi connectivity index (χ2n) is 6.30. The molecule has 2 N–H and O–H groups in total. The molecule has 2 aromatic rings. The molecule has 1 fully saturated rings. The minimum Gasteiger partial charge on any atom is -0.385 e. The van der Waals surface area contributed by atoms with Crippen molar-refractivity contribution in [3.8, 4) is 0 Å². The summed E-state index contributed by atoms with van der Waals surface area (Å²) in [5.41, 5.74) is 0.939. The van der Waals surface area contributed by atoms with Crippen LogP contribution in [0.1, 0.15) is 53.2 Å². The predicted molar refractivity (Wildman–Crippen MR) is 93.7 cm³/mol. The Kier molecular flexibility index (Phi) is 5.65. The van der Waals surface area contributed by atoms with Gasteiger partial charge in [0, 0.05) is 32.5 Å². The number of aromatic nitrogens is 2. The largest absolute Gasteiger partial charge is 0.385 e.